The Kier molecular flexibility index (Phi) is 8.77. The van der Waals surface area contributed by atoms with Crippen molar-refractivity contribution in [2.24, 2.45) is 20.5 Å². The van der Waals surface area contributed by atoms with E-state index in [1.165, 1.54) is 6.92 Å². The molecular weight excluding hydrogens is 711 g/mol. The predicted octanol–water partition coefficient (Wildman–Crippen LogP) is 3.42. The van der Waals surface area contributed by atoms with Crippen molar-refractivity contribution < 1.29 is 57.0 Å². The van der Waals surface area contributed by atoms with E-state index in [2.05, 4.69) is 20.5 Å². The molecule has 0 spiro atoms. The number of nitrogens with zero attached hydrogens (tertiary/aromatic N) is 4. The molecule has 0 aromatic heterocycles. The van der Waals surface area contributed by atoms with Gasteiger partial charge in [-0.25, -0.2) is 0 Å². The van der Waals surface area contributed by atoms with Gasteiger partial charge in [-0.15, -0.1) is 20.5 Å². The second-order valence-electron chi connectivity index (χ2n) is 9.50. The molecule has 0 amide bonds. The lowest BCUT2D eigenvalue weighted by Gasteiger charge is -2.12. The van der Waals surface area contributed by atoms with Crippen molar-refractivity contribution >= 4 is 91.1 Å². The number of rotatable bonds is 8. The number of nitrogens with two attached hydrogens (primary N) is 3. The van der Waals surface area contributed by atoms with E-state index in [1.807, 2.05) is 0 Å². The standard InChI is InChI=1S/C23H21N7O13S4/c1-9-4-17(45(35,36)37)14(6-11(9)24)28-27-13-3-2-10-5-19(47(41,42)43)22(21(26)20(10)23(13)31)30-29-15-7-12(25)16(44(32,33)34)8-18(15)46(38,39)40/h2-8,31H,24-26H2,1H3,(H,32,33,34)(H,35,36,37)(H,38,39,40)(H,41,42,43). The van der Waals surface area contributed by atoms with Crippen LogP contribution in [0.5, 0.6) is 5.75 Å². The summed E-state index contributed by atoms with van der Waals surface area (Å²) in [5.74, 6) is -0.795. The van der Waals surface area contributed by atoms with Gasteiger partial charge in [0.1, 0.15) is 42.3 Å². The summed E-state index contributed by atoms with van der Waals surface area (Å²) in [5.41, 5.74) is 13.8. The zero-order chi connectivity index (χ0) is 35.4. The summed E-state index contributed by atoms with van der Waals surface area (Å²) in [7, 11) is -20.4. The Morgan fingerprint density at radius 3 is 1.55 bits per heavy atom. The van der Waals surface area contributed by atoms with E-state index >= 15 is 0 Å². The first-order chi connectivity index (χ1) is 21.4. The SMILES string of the molecule is Cc1cc(S(=O)(=O)O)c(N=Nc2ccc3cc(S(=O)(=O)O)c(N=Nc4cc(N)c(S(=O)(=O)O)cc4S(=O)(=O)O)c(N)c3c2O)cc1N. The quantitative estimate of drug-likeness (QED) is 0.0730. The Labute approximate surface area is 265 Å². The number of aryl methyl sites for hydroxylation is 1. The highest BCUT2D eigenvalue weighted by molar-refractivity contribution is 7.87. The molecule has 47 heavy (non-hydrogen) atoms. The van der Waals surface area contributed by atoms with Crippen molar-refractivity contribution in [1.82, 2.24) is 0 Å². The molecular formula is C23H21N7O13S4. The summed E-state index contributed by atoms with van der Waals surface area (Å²) in [4.78, 5) is -4.05. The normalized spacial score (nSPS) is 13.2. The number of benzene rings is 4. The molecule has 4 rings (SSSR count). The highest BCUT2D eigenvalue weighted by atomic mass is 32.2. The van der Waals surface area contributed by atoms with Crippen LogP contribution in [0.25, 0.3) is 10.8 Å². The third-order valence-corrected chi connectivity index (χ3v) is 9.85. The van der Waals surface area contributed by atoms with Crippen molar-refractivity contribution in [2.75, 3.05) is 17.2 Å². The molecule has 11 N–H and O–H groups in total. The molecule has 4 aromatic carbocycles. The highest BCUT2D eigenvalue weighted by Crippen LogP contribution is 2.46. The molecule has 0 unspecified atom stereocenters. The third-order valence-electron chi connectivity index (χ3n) is 6.31. The van der Waals surface area contributed by atoms with Crippen LogP contribution in [0.4, 0.5) is 39.8 Å². The molecule has 24 heteroatoms. The fourth-order valence-electron chi connectivity index (χ4n) is 4.10. The first-order valence-corrected chi connectivity index (χ1v) is 17.8. The lowest BCUT2D eigenvalue weighted by atomic mass is 10.1. The lowest BCUT2D eigenvalue weighted by molar-refractivity contribution is 0.478. The van der Waals surface area contributed by atoms with Crippen LogP contribution in [0.3, 0.4) is 0 Å². The van der Waals surface area contributed by atoms with Gasteiger partial charge in [-0.3, -0.25) is 18.2 Å². The zero-order valence-corrected chi connectivity index (χ0v) is 26.5. The Balaban J connectivity index is 1.97. The van der Waals surface area contributed by atoms with E-state index in [0.717, 1.165) is 30.3 Å². The van der Waals surface area contributed by atoms with Crippen LogP contribution in [-0.4, -0.2) is 57.0 Å². The van der Waals surface area contributed by atoms with Crippen LogP contribution >= 0.6 is 0 Å². The molecule has 0 radical (unpaired) electrons. The molecule has 250 valence electrons. The van der Waals surface area contributed by atoms with Gasteiger partial charge in [0, 0.05) is 5.69 Å². The van der Waals surface area contributed by atoms with Crippen LogP contribution in [0.1, 0.15) is 5.56 Å². The molecule has 0 aliphatic carbocycles. The number of hydrogen-bond acceptors (Lipinski definition) is 16. The molecule has 0 aliphatic heterocycles. The number of nitrogen functional groups attached to an aromatic ring is 3. The average Bonchev–Trinajstić information content (AvgIpc) is 2.91. The maximum atomic E-state index is 12.2. The Morgan fingerprint density at radius 1 is 0.553 bits per heavy atom. The molecule has 0 saturated carbocycles. The number of fused-ring (bicyclic) bond motifs is 1. The molecule has 0 fully saturated rings. The summed E-state index contributed by atoms with van der Waals surface area (Å²) in [6.45, 7) is 1.46. The van der Waals surface area contributed by atoms with Gasteiger partial charge >= 0.3 is 0 Å². The fourth-order valence-corrected chi connectivity index (χ4v) is 6.79. The van der Waals surface area contributed by atoms with Crippen LogP contribution in [0.15, 0.2) is 82.5 Å². The van der Waals surface area contributed by atoms with Gasteiger partial charge in [0.15, 0.2) is 5.75 Å². The molecule has 20 nitrogen and oxygen atoms in total. The molecule has 0 atom stereocenters. The van der Waals surface area contributed by atoms with Crippen LogP contribution in [-0.2, 0) is 40.5 Å². The number of azo groups is 2. The van der Waals surface area contributed by atoms with Gasteiger partial charge in [0.25, 0.3) is 40.5 Å². The Hall–Kier alpha value is -4.82. The van der Waals surface area contributed by atoms with Gasteiger partial charge in [-0.05, 0) is 54.3 Å². The first-order valence-electron chi connectivity index (χ1n) is 12.1. The smallest absolute Gasteiger partial charge is 0.296 e. The van der Waals surface area contributed by atoms with E-state index in [4.69, 9.17) is 17.2 Å². The molecule has 0 aliphatic rings. The summed E-state index contributed by atoms with van der Waals surface area (Å²) in [6, 6.07) is 5.96. The first kappa shape index (κ1) is 35.0. The molecule has 4 aromatic rings. The highest BCUT2D eigenvalue weighted by Gasteiger charge is 2.26. The van der Waals surface area contributed by atoms with Crippen molar-refractivity contribution in [2.45, 2.75) is 26.5 Å². The van der Waals surface area contributed by atoms with Gasteiger partial charge < -0.3 is 22.3 Å². The summed E-state index contributed by atoms with van der Waals surface area (Å²) >= 11 is 0. The monoisotopic (exact) mass is 731 g/mol. The minimum atomic E-state index is -5.29. The number of phenols is 1. The van der Waals surface area contributed by atoms with E-state index < -0.39 is 99.9 Å². The number of hydrogen-bond donors (Lipinski definition) is 8. The second-order valence-corrected chi connectivity index (χ2v) is 15.1. The maximum Gasteiger partial charge on any atom is 0.296 e. The number of anilines is 3. The largest absolute Gasteiger partial charge is 0.505 e. The van der Waals surface area contributed by atoms with E-state index in [-0.39, 0.29) is 28.1 Å². The van der Waals surface area contributed by atoms with Gasteiger partial charge in [0.05, 0.1) is 16.8 Å². The summed E-state index contributed by atoms with van der Waals surface area (Å²) in [6.07, 6.45) is 0. The van der Waals surface area contributed by atoms with Gasteiger partial charge in [-0.2, -0.15) is 33.7 Å². The van der Waals surface area contributed by atoms with Crippen LogP contribution in [0.2, 0.25) is 0 Å². The van der Waals surface area contributed by atoms with E-state index in [1.54, 1.807) is 0 Å². The Morgan fingerprint density at radius 2 is 1.02 bits per heavy atom. The molecule has 0 heterocycles. The van der Waals surface area contributed by atoms with Crippen molar-refractivity contribution in [3.8, 4) is 5.75 Å². The maximum absolute atomic E-state index is 12.2. The van der Waals surface area contributed by atoms with Gasteiger partial charge in [0.2, 0.25) is 0 Å². The molecule has 0 bridgehead atoms. The summed E-state index contributed by atoms with van der Waals surface area (Å²) < 4.78 is 134. The summed E-state index contributed by atoms with van der Waals surface area (Å²) in [5, 5.41) is 25.1. The fraction of sp³-hybridized carbons (Fsp3) is 0.0435. The minimum Gasteiger partial charge on any atom is -0.505 e. The topological polar surface area (TPSA) is 365 Å². The van der Waals surface area contributed by atoms with Crippen LogP contribution in [0, 0.1) is 6.92 Å². The third kappa shape index (κ3) is 7.13. The predicted molar refractivity (Wildman–Crippen MR) is 164 cm³/mol. The number of aromatic hydroxyl groups is 1. The van der Waals surface area contributed by atoms with Crippen LogP contribution < -0.4 is 17.2 Å². The zero-order valence-electron chi connectivity index (χ0n) is 23.2. The lowest BCUT2D eigenvalue weighted by Crippen LogP contribution is -2.07. The van der Waals surface area contributed by atoms with Crippen molar-refractivity contribution in [3.63, 3.8) is 0 Å². The van der Waals surface area contributed by atoms with Crippen molar-refractivity contribution in [3.05, 3.63) is 48.0 Å². The number of phenolic OH excluding ortho intramolecular Hbond substituents is 1. The second kappa shape index (κ2) is 11.8. The average molecular weight is 732 g/mol. The molecule has 0 saturated heterocycles. The Bertz CT molecular complexity index is 2520. The minimum absolute atomic E-state index is 0.0811. The van der Waals surface area contributed by atoms with Gasteiger partial charge in [-0.1, -0.05) is 6.07 Å². The van der Waals surface area contributed by atoms with E-state index in [9.17, 15) is 57.0 Å². The van der Waals surface area contributed by atoms with Crippen molar-refractivity contribution in [1.29, 1.82) is 0 Å². The van der Waals surface area contributed by atoms with E-state index in [0.29, 0.717) is 6.07 Å².